The number of amides is 1. The molecule has 31 heavy (non-hydrogen) atoms. The highest BCUT2D eigenvalue weighted by molar-refractivity contribution is 6.46. The molecule has 0 spiro atoms. The first-order chi connectivity index (χ1) is 14.9. The van der Waals surface area contributed by atoms with Crippen LogP contribution in [0.25, 0.3) is 5.76 Å². The molecule has 1 aliphatic heterocycles. The van der Waals surface area contributed by atoms with Gasteiger partial charge in [0.15, 0.2) is 0 Å². The molecule has 2 aromatic carbocycles. The summed E-state index contributed by atoms with van der Waals surface area (Å²) in [5.74, 6) is -1.08. The quantitative estimate of drug-likeness (QED) is 0.270. The molecule has 1 aliphatic rings. The van der Waals surface area contributed by atoms with Crippen molar-refractivity contribution in [3.63, 3.8) is 0 Å². The van der Waals surface area contributed by atoms with E-state index in [4.69, 9.17) is 21.1 Å². The lowest BCUT2D eigenvalue weighted by Crippen LogP contribution is -2.30. The lowest BCUT2D eigenvalue weighted by Gasteiger charge is -2.25. The van der Waals surface area contributed by atoms with E-state index < -0.39 is 17.7 Å². The van der Waals surface area contributed by atoms with Gasteiger partial charge in [0.1, 0.15) is 17.3 Å². The molecule has 1 heterocycles. The standard InChI is InChI=1S/C24H26ClNO5/c1-4-5-9-12-26-21(15-10-7-6-8-11-15)20(23(28)24(26)29)22(27)16-13-19(31-3)17(25)14-18(16)30-2/h6-8,10-11,13-14,21,27H,4-5,9,12H2,1-3H3/b22-20+. The molecule has 1 N–H and O–H groups in total. The van der Waals surface area contributed by atoms with Gasteiger partial charge in [-0.05, 0) is 18.1 Å². The second-order valence-electron chi connectivity index (χ2n) is 7.30. The van der Waals surface area contributed by atoms with Crippen molar-refractivity contribution >= 4 is 29.1 Å². The smallest absolute Gasteiger partial charge is 0.295 e. The summed E-state index contributed by atoms with van der Waals surface area (Å²) < 4.78 is 10.6. The van der Waals surface area contributed by atoms with Crippen LogP contribution in [-0.2, 0) is 9.59 Å². The number of methoxy groups -OCH3 is 2. The number of ether oxygens (including phenoxy) is 2. The zero-order valence-electron chi connectivity index (χ0n) is 17.9. The fraction of sp³-hybridized carbons (Fsp3) is 0.333. The van der Waals surface area contributed by atoms with E-state index in [1.165, 1.54) is 26.4 Å². The fourth-order valence-electron chi connectivity index (χ4n) is 3.82. The van der Waals surface area contributed by atoms with Gasteiger partial charge in [-0.2, -0.15) is 0 Å². The predicted molar refractivity (Wildman–Crippen MR) is 120 cm³/mol. The second-order valence-corrected chi connectivity index (χ2v) is 7.70. The van der Waals surface area contributed by atoms with Crippen molar-refractivity contribution in [2.24, 2.45) is 0 Å². The van der Waals surface area contributed by atoms with Gasteiger partial charge in [0.05, 0.1) is 36.4 Å². The van der Waals surface area contributed by atoms with Crippen LogP contribution in [-0.4, -0.2) is 42.5 Å². The number of aliphatic hydroxyl groups is 1. The molecule has 1 saturated heterocycles. The Morgan fingerprint density at radius 3 is 2.35 bits per heavy atom. The zero-order chi connectivity index (χ0) is 22.5. The molecule has 3 rings (SSSR count). The van der Waals surface area contributed by atoms with Gasteiger partial charge in [0.25, 0.3) is 11.7 Å². The van der Waals surface area contributed by atoms with Crippen molar-refractivity contribution in [1.29, 1.82) is 0 Å². The summed E-state index contributed by atoms with van der Waals surface area (Å²) in [6.07, 6.45) is 2.69. The Morgan fingerprint density at radius 2 is 1.74 bits per heavy atom. The van der Waals surface area contributed by atoms with Crippen LogP contribution in [0.2, 0.25) is 5.02 Å². The van der Waals surface area contributed by atoms with Crippen LogP contribution in [0.15, 0.2) is 48.0 Å². The van der Waals surface area contributed by atoms with Gasteiger partial charge in [-0.25, -0.2) is 0 Å². The highest BCUT2D eigenvalue weighted by Crippen LogP contribution is 2.43. The minimum atomic E-state index is -0.723. The third-order valence-electron chi connectivity index (χ3n) is 5.39. The molecule has 7 heteroatoms. The minimum absolute atomic E-state index is 0.0235. The Hall–Kier alpha value is -2.99. The number of carbonyl (C=O) groups is 2. The van der Waals surface area contributed by atoms with Crippen molar-refractivity contribution in [2.45, 2.75) is 32.2 Å². The molecule has 2 aromatic rings. The lowest BCUT2D eigenvalue weighted by atomic mass is 9.95. The lowest BCUT2D eigenvalue weighted by molar-refractivity contribution is -0.139. The maximum absolute atomic E-state index is 13.1. The number of benzene rings is 2. The number of carbonyl (C=O) groups excluding carboxylic acids is 2. The summed E-state index contributed by atoms with van der Waals surface area (Å²) in [7, 11) is 2.89. The molecule has 0 aromatic heterocycles. The third kappa shape index (κ3) is 4.39. The van der Waals surface area contributed by atoms with Crippen LogP contribution in [0.3, 0.4) is 0 Å². The molecule has 0 radical (unpaired) electrons. The average Bonchev–Trinajstić information content (AvgIpc) is 3.04. The summed E-state index contributed by atoms with van der Waals surface area (Å²) >= 11 is 6.18. The van der Waals surface area contributed by atoms with Crippen LogP contribution in [0, 0.1) is 0 Å². The molecule has 1 atom stereocenters. The van der Waals surface area contributed by atoms with Gasteiger partial charge in [0.2, 0.25) is 0 Å². The van der Waals surface area contributed by atoms with E-state index in [1.807, 2.05) is 30.3 Å². The number of rotatable bonds is 8. The highest BCUT2D eigenvalue weighted by atomic mass is 35.5. The number of halogens is 1. The summed E-state index contributed by atoms with van der Waals surface area (Å²) in [6, 6.07) is 11.5. The fourth-order valence-corrected chi connectivity index (χ4v) is 4.05. The summed E-state index contributed by atoms with van der Waals surface area (Å²) in [4.78, 5) is 27.5. The van der Waals surface area contributed by atoms with E-state index >= 15 is 0 Å². The second kappa shape index (κ2) is 9.88. The van der Waals surface area contributed by atoms with Crippen LogP contribution < -0.4 is 9.47 Å². The Labute approximate surface area is 187 Å². The first kappa shape index (κ1) is 22.7. The van der Waals surface area contributed by atoms with Gasteiger partial charge >= 0.3 is 0 Å². The highest BCUT2D eigenvalue weighted by Gasteiger charge is 2.46. The van der Waals surface area contributed by atoms with Crippen LogP contribution in [0.4, 0.5) is 0 Å². The van der Waals surface area contributed by atoms with Gasteiger partial charge in [-0.15, -0.1) is 0 Å². The molecule has 6 nitrogen and oxygen atoms in total. The molecule has 1 unspecified atom stereocenters. The third-order valence-corrected chi connectivity index (χ3v) is 5.68. The number of unbranched alkanes of at least 4 members (excludes halogenated alkanes) is 2. The zero-order valence-corrected chi connectivity index (χ0v) is 18.6. The number of likely N-dealkylation sites (tertiary alicyclic amines) is 1. The summed E-state index contributed by atoms with van der Waals surface area (Å²) in [6.45, 7) is 2.50. The van der Waals surface area contributed by atoms with Crippen molar-refractivity contribution in [3.05, 3.63) is 64.2 Å². The minimum Gasteiger partial charge on any atom is -0.507 e. The van der Waals surface area contributed by atoms with Crippen molar-refractivity contribution < 1.29 is 24.2 Å². The van der Waals surface area contributed by atoms with E-state index in [0.717, 1.165) is 24.8 Å². The number of hydrogen-bond acceptors (Lipinski definition) is 5. The molecule has 0 bridgehead atoms. The Bertz CT molecular complexity index is 1000. The topological polar surface area (TPSA) is 76.1 Å². The number of nitrogens with zero attached hydrogens (tertiary/aromatic N) is 1. The molecular weight excluding hydrogens is 418 g/mol. The molecule has 1 fully saturated rings. The summed E-state index contributed by atoms with van der Waals surface area (Å²) in [5, 5.41) is 11.6. The van der Waals surface area contributed by atoms with Crippen molar-refractivity contribution in [1.82, 2.24) is 4.90 Å². The maximum atomic E-state index is 13.1. The van der Waals surface area contributed by atoms with E-state index in [1.54, 1.807) is 4.90 Å². The monoisotopic (exact) mass is 443 g/mol. The normalized spacial score (nSPS) is 17.8. The van der Waals surface area contributed by atoms with E-state index in [9.17, 15) is 14.7 Å². The number of Topliss-reactive ketones (excluding diaryl/α,β-unsaturated/α-hetero) is 1. The maximum Gasteiger partial charge on any atom is 0.295 e. The van der Waals surface area contributed by atoms with Crippen molar-refractivity contribution in [3.8, 4) is 11.5 Å². The molecule has 0 saturated carbocycles. The van der Waals surface area contributed by atoms with Gasteiger partial charge in [0, 0.05) is 12.6 Å². The van der Waals surface area contributed by atoms with Crippen LogP contribution in [0.1, 0.15) is 43.4 Å². The first-order valence-corrected chi connectivity index (χ1v) is 10.6. The molecule has 1 amide bonds. The predicted octanol–water partition coefficient (Wildman–Crippen LogP) is 4.97. The van der Waals surface area contributed by atoms with Crippen molar-refractivity contribution in [2.75, 3.05) is 20.8 Å². The number of hydrogen-bond donors (Lipinski definition) is 1. The Morgan fingerprint density at radius 1 is 1.06 bits per heavy atom. The first-order valence-electron chi connectivity index (χ1n) is 10.2. The van der Waals surface area contributed by atoms with Crippen LogP contribution >= 0.6 is 11.6 Å². The average molecular weight is 444 g/mol. The van der Waals surface area contributed by atoms with E-state index in [2.05, 4.69) is 6.92 Å². The summed E-state index contributed by atoms with van der Waals surface area (Å²) in [5.41, 5.74) is 1.01. The molecule has 0 aliphatic carbocycles. The Balaban J connectivity index is 2.20. The van der Waals surface area contributed by atoms with Crippen LogP contribution in [0.5, 0.6) is 11.5 Å². The largest absolute Gasteiger partial charge is 0.507 e. The van der Waals surface area contributed by atoms with E-state index in [0.29, 0.717) is 17.3 Å². The number of ketones is 1. The SMILES string of the molecule is CCCCCN1C(=O)C(=O)/C(=C(/O)c2cc(OC)c(Cl)cc2OC)C1c1ccccc1. The van der Waals surface area contributed by atoms with Gasteiger partial charge in [-0.3, -0.25) is 9.59 Å². The van der Waals surface area contributed by atoms with Gasteiger partial charge in [-0.1, -0.05) is 61.7 Å². The molecular formula is C24H26ClNO5. The Kier molecular flexibility index (Phi) is 7.23. The van der Waals surface area contributed by atoms with E-state index in [-0.39, 0.29) is 22.6 Å². The number of aliphatic hydroxyl groups excluding tert-OH is 1. The molecule has 164 valence electrons. The van der Waals surface area contributed by atoms with Gasteiger partial charge < -0.3 is 19.5 Å².